The first kappa shape index (κ1) is 34.8. The first-order valence-corrected chi connectivity index (χ1v) is 13.2. The molecule has 1 atom stereocenters. The van der Waals surface area contributed by atoms with E-state index in [9.17, 15) is 24.0 Å². The minimum atomic E-state index is -0.983. The number of carbonyl (C=O) groups is 5. The lowest BCUT2D eigenvalue weighted by molar-refractivity contribution is -0.207. The third-order valence-corrected chi connectivity index (χ3v) is 6.20. The fourth-order valence-electron chi connectivity index (χ4n) is 4.27. The molecule has 1 heterocycles. The van der Waals surface area contributed by atoms with Crippen LogP contribution in [-0.4, -0.2) is 83.7 Å². The summed E-state index contributed by atoms with van der Waals surface area (Å²) in [6, 6.07) is 11.5. The molecule has 236 valence electrons. The number of carbonyl (C=O) groups excluding carboxylic acids is 5. The van der Waals surface area contributed by atoms with Crippen molar-refractivity contribution in [2.75, 3.05) is 36.8 Å². The van der Waals surface area contributed by atoms with E-state index < -0.39 is 29.7 Å². The van der Waals surface area contributed by atoms with Crippen LogP contribution in [0.15, 0.2) is 48.5 Å². The van der Waals surface area contributed by atoms with E-state index in [1.54, 1.807) is 36.4 Å². The number of amides is 4. The SMILES string of the molecule is CC(=O)ON1CCN(C(=O)CNC(=O)c2ccc(NC(=N)N)cc2)C(CCCNC(=O)c2ccc(NC(=N)N)cc2)C1=O.Cl. The molecule has 17 heteroatoms. The second kappa shape index (κ2) is 16.3. The molecule has 0 bridgehead atoms. The van der Waals surface area contributed by atoms with Gasteiger partial charge in [-0.2, -0.15) is 5.06 Å². The molecule has 1 unspecified atom stereocenters. The predicted molar refractivity (Wildman–Crippen MR) is 164 cm³/mol. The summed E-state index contributed by atoms with van der Waals surface area (Å²) in [6.07, 6.45) is 0.472. The van der Waals surface area contributed by atoms with Gasteiger partial charge in [0, 0.05) is 42.5 Å². The van der Waals surface area contributed by atoms with Crippen LogP contribution in [0.5, 0.6) is 0 Å². The van der Waals surface area contributed by atoms with E-state index in [1.165, 1.54) is 17.0 Å². The molecule has 4 amide bonds. The number of piperazine rings is 1. The van der Waals surface area contributed by atoms with Crippen LogP contribution >= 0.6 is 12.4 Å². The maximum absolute atomic E-state index is 13.1. The monoisotopic (exact) mass is 630 g/mol. The number of guanidine groups is 2. The van der Waals surface area contributed by atoms with Crippen LogP contribution in [0.2, 0.25) is 0 Å². The van der Waals surface area contributed by atoms with Crippen molar-refractivity contribution in [2.45, 2.75) is 25.8 Å². The van der Waals surface area contributed by atoms with Crippen molar-refractivity contribution in [1.29, 1.82) is 10.8 Å². The van der Waals surface area contributed by atoms with E-state index in [0.717, 1.165) is 12.0 Å². The van der Waals surface area contributed by atoms with E-state index in [-0.39, 0.29) is 68.4 Å². The highest BCUT2D eigenvalue weighted by Gasteiger charge is 2.38. The van der Waals surface area contributed by atoms with Gasteiger partial charge in [-0.05, 0) is 61.4 Å². The molecule has 0 radical (unpaired) electrons. The Labute approximate surface area is 259 Å². The lowest BCUT2D eigenvalue weighted by Gasteiger charge is -2.39. The third kappa shape index (κ3) is 10.2. The average Bonchev–Trinajstić information content (AvgIpc) is 2.95. The molecule has 1 aliphatic heterocycles. The van der Waals surface area contributed by atoms with Crippen molar-refractivity contribution in [3.63, 3.8) is 0 Å². The number of benzene rings is 2. The van der Waals surface area contributed by atoms with Crippen molar-refractivity contribution >= 4 is 65.3 Å². The van der Waals surface area contributed by atoms with E-state index in [1.807, 2.05) is 0 Å². The van der Waals surface area contributed by atoms with Gasteiger partial charge in [-0.25, -0.2) is 0 Å². The molecule has 0 saturated carbocycles. The summed E-state index contributed by atoms with van der Waals surface area (Å²) in [7, 11) is 0. The molecular weight excluding hydrogens is 596 g/mol. The van der Waals surface area contributed by atoms with Crippen LogP contribution in [0.4, 0.5) is 11.4 Å². The van der Waals surface area contributed by atoms with Gasteiger partial charge in [0.2, 0.25) is 5.91 Å². The molecule has 1 saturated heterocycles. The predicted octanol–water partition coefficient (Wildman–Crippen LogP) is 0.177. The Hall–Kier alpha value is -5.38. The summed E-state index contributed by atoms with van der Waals surface area (Å²) in [5, 5.41) is 25.9. The Morgan fingerprint density at radius 1 is 0.864 bits per heavy atom. The Morgan fingerprint density at radius 3 is 1.84 bits per heavy atom. The van der Waals surface area contributed by atoms with Gasteiger partial charge < -0.3 is 42.5 Å². The molecule has 0 spiro atoms. The summed E-state index contributed by atoms with van der Waals surface area (Å²) in [5.41, 5.74) is 12.3. The highest BCUT2D eigenvalue weighted by atomic mass is 35.5. The second-order valence-electron chi connectivity index (χ2n) is 9.44. The van der Waals surface area contributed by atoms with Gasteiger partial charge >= 0.3 is 5.97 Å². The third-order valence-electron chi connectivity index (χ3n) is 6.20. The van der Waals surface area contributed by atoms with Crippen LogP contribution in [0.25, 0.3) is 0 Å². The van der Waals surface area contributed by atoms with Crippen LogP contribution in [-0.2, 0) is 19.2 Å². The quantitative estimate of drug-likeness (QED) is 0.0949. The van der Waals surface area contributed by atoms with Gasteiger partial charge in [-0.15, -0.1) is 12.4 Å². The Balaban J connectivity index is 0.00000675. The van der Waals surface area contributed by atoms with E-state index in [4.69, 9.17) is 27.1 Å². The van der Waals surface area contributed by atoms with Crippen LogP contribution < -0.4 is 32.7 Å². The van der Waals surface area contributed by atoms with Crippen LogP contribution in [0.1, 0.15) is 40.5 Å². The van der Waals surface area contributed by atoms with Crippen molar-refractivity contribution < 1.29 is 28.8 Å². The summed E-state index contributed by atoms with van der Waals surface area (Å²) in [4.78, 5) is 69.1. The number of nitrogens with two attached hydrogens (primary N) is 2. The molecule has 16 nitrogen and oxygen atoms in total. The lowest BCUT2D eigenvalue weighted by Crippen LogP contribution is -2.60. The van der Waals surface area contributed by atoms with Crippen molar-refractivity contribution in [1.82, 2.24) is 20.6 Å². The Bertz CT molecular complexity index is 1390. The van der Waals surface area contributed by atoms with Crippen LogP contribution in [0.3, 0.4) is 0 Å². The molecule has 2 aromatic rings. The van der Waals surface area contributed by atoms with Gasteiger partial charge in [0.05, 0.1) is 13.1 Å². The summed E-state index contributed by atoms with van der Waals surface area (Å²) in [5.74, 6) is -3.13. The normalized spacial score (nSPS) is 14.0. The maximum Gasteiger partial charge on any atom is 0.329 e. The first-order chi connectivity index (χ1) is 20.4. The van der Waals surface area contributed by atoms with E-state index >= 15 is 0 Å². The second-order valence-corrected chi connectivity index (χ2v) is 9.44. The number of hydrogen-bond acceptors (Lipinski definition) is 8. The zero-order chi connectivity index (χ0) is 31.5. The number of hydroxylamine groups is 2. The Kier molecular flexibility index (Phi) is 12.9. The largest absolute Gasteiger partial charge is 0.370 e. The zero-order valence-electron chi connectivity index (χ0n) is 23.8. The molecule has 0 aliphatic carbocycles. The minimum Gasteiger partial charge on any atom is -0.370 e. The topological polar surface area (TPSA) is 249 Å². The van der Waals surface area contributed by atoms with Gasteiger partial charge in [-0.3, -0.25) is 34.8 Å². The molecule has 2 aromatic carbocycles. The summed E-state index contributed by atoms with van der Waals surface area (Å²) < 4.78 is 0. The number of nitrogens with one attached hydrogen (secondary N) is 6. The molecule has 44 heavy (non-hydrogen) atoms. The van der Waals surface area contributed by atoms with Gasteiger partial charge in [0.1, 0.15) is 6.04 Å². The number of halogens is 1. The van der Waals surface area contributed by atoms with Gasteiger partial charge in [0.15, 0.2) is 11.9 Å². The van der Waals surface area contributed by atoms with Gasteiger partial charge in [0.25, 0.3) is 17.7 Å². The number of anilines is 2. The van der Waals surface area contributed by atoms with Crippen molar-refractivity contribution in [3.05, 3.63) is 59.7 Å². The fraction of sp³-hybridized carbons (Fsp3) is 0.296. The van der Waals surface area contributed by atoms with E-state index in [2.05, 4.69) is 21.3 Å². The smallest absolute Gasteiger partial charge is 0.329 e. The number of nitrogens with zero attached hydrogens (tertiary/aromatic N) is 2. The standard InChI is InChI=1S/C27H34N10O6.ClH/c1-16(38)43-37-14-13-36(22(39)15-33-24(41)18-6-10-20(11-7-18)35-27(30)31)21(25(37)42)3-2-12-32-23(40)17-4-8-19(9-5-17)34-26(28)29;/h4-11,21H,2-3,12-15H2,1H3,(H,32,40)(H,33,41)(H4,28,29,34)(H4,30,31,35);1H. The van der Waals surface area contributed by atoms with Crippen LogP contribution in [0, 0.1) is 10.8 Å². The highest BCUT2D eigenvalue weighted by molar-refractivity contribution is 5.98. The highest BCUT2D eigenvalue weighted by Crippen LogP contribution is 2.18. The van der Waals surface area contributed by atoms with Gasteiger partial charge in [-0.1, -0.05) is 0 Å². The molecule has 1 aliphatic rings. The molecule has 1 fully saturated rings. The zero-order valence-corrected chi connectivity index (χ0v) is 24.7. The lowest BCUT2D eigenvalue weighted by atomic mass is 10.1. The number of hydrogen-bond donors (Lipinski definition) is 8. The average molecular weight is 631 g/mol. The minimum absolute atomic E-state index is 0. The van der Waals surface area contributed by atoms with Crippen molar-refractivity contribution in [3.8, 4) is 0 Å². The Morgan fingerprint density at radius 2 is 1.36 bits per heavy atom. The number of rotatable bonds is 11. The molecule has 0 aromatic heterocycles. The fourth-order valence-corrected chi connectivity index (χ4v) is 4.27. The van der Waals surface area contributed by atoms with E-state index in [0.29, 0.717) is 23.4 Å². The summed E-state index contributed by atoms with van der Waals surface area (Å²) >= 11 is 0. The molecular formula is C27H35ClN10O6. The van der Waals surface area contributed by atoms with Crippen molar-refractivity contribution in [2.24, 2.45) is 11.5 Å². The molecule has 10 N–H and O–H groups in total. The summed E-state index contributed by atoms with van der Waals surface area (Å²) in [6.45, 7) is 1.00. The molecule has 3 rings (SSSR count). The maximum atomic E-state index is 13.1. The first-order valence-electron chi connectivity index (χ1n) is 13.2.